The molecule has 1 fully saturated rings. The van der Waals surface area contributed by atoms with Gasteiger partial charge in [0.1, 0.15) is 0 Å². The van der Waals surface area contributed by atoms with Crippen molar-refractivity contribution < 1.29 is 9.59 Å². The van der Waals surface area contributed by atoms with Gasteiger partial charge in [0.2, 0.25) is 5.91 Å². The van der Waals surface area contributed by atoms with Crippen molar-refractivity contribution in [2.75, 3.05) is 26.2 Å². The lowest BCUT2D eigenvalue weighted by molar-refractivity contribution is -0.142. The van der Waals surface area contributed by atoms with Crippen LogP contribution in [0.3, 0.4) is 0 Å². The molecule has 1 saturated heterocycles. The highest BCUT2D eigenvalue weighted by Gasteiger charge is 2.56. The molecule has 4 nitrogen and oxygen atoms in total. The molecular formula is C22H24N2O2. The maximum absolute atomic E-state index is 13.3. The summed E-state index contributed by atoms with van der Waals surface area (Å²) in [6.07, 6.45) is 0. The first-order chi connectivity index (χ1) is 12.5. The summed E-state index contributed by atoms with van der Waals surface area (Å²) in [4.78, 5) is 27.9. The number of benzene rings is 2. The molecule has 0 saturated carbocycles. The summed E-state index contributed by atoms with van der Waals surface area (Å²) in [5.74, 6) is -0.648. The second kappa shape index (κ2) is 6.36. The molecule has 1 heterocycles. The molecule has 1 amide bonds. The lowest BCUT2D eigenvalue weighted by Crippen LogP contribution is -2.50. The number of rotatable bonds is 4. The molecule has 2 aromatic rings. The Morgan fingerprint density at radius 2 is 1.73 bits per heavy atom. The number of Topliss-reactive ketones (excluding diaryl/α,β-unsaturated/α-hetero) is 1. The van der Waals surface area contributed by atoms with E-state index >= 15 is 0 Å². The molecule has 2 aliphatic rings. The number of ketones is 1. The molecule has 134 valence electrons. The molecule has 1 N–H and O–H groups in total. The fourth-order valence-corrected chi connectivity index (χ4v) is 4.21. The number of hydrogen-bond acceptors (Lipinski definition) is 3. The molecule has 0 radical (unpaired) electrons. The van der Waals surface area contributed by atoms with E-state index in [2.05, 4.69) is 23.5 Å². The average molecular weight is 348 g/mol. The molecule has 26 heavy (non-hydrogen) atoms. The van der Waals surface area contributed by atoms with E-state index in [1.54, 1.807) is 6.92 Å². The highest BCUT2D eigenvalue weighted by atomic mass is 16.2. The highest BCUT2D eigenvalue weighted by molar-refractivity contribution is 6.12. The van der Waals surface area contributed by atoms with Gasteiger partial charge >= 0.3 is 0 Å². The Morgan fingerprint density at radius 3 is 2.42 bits per heavy atom. The minimum atomic E-state index is -0.641. The molecule has 1 aliphatic heterocycles. The first-order valence-electron chi connectivity index (χ1n) is 9.28. The van der Waals surface area contributed by atoms with E-state index in [4.69, 9.17) is 0 Å². The van der Waals surface area contributed by atoms with Crippen LogP contribution in [0.25, 0.3) is 11.1 Å². The van der Waals surface area contributed by atoms with Crippen LogP contribution in [0.1, 0.15) is 25.0 Å². The fourth-order valence-electron chi connectivity index (χ4n) is 4.21. The van der Waals surface area contributed by atoms with Crippen molar-refractivity contribution in [1.29, 1.82) is 0 Å². The molecule has 0 spiro atoms. The molecule has 2 unspecified atom stereocenters. The summed E-state index contributed by atoms with van der Waals surface area (Å²) in [6.45, 7) is 6.67. The minimum Gasteiger partial charge on any atom is -0.340 e. The molecule has 1 aliphatic carbocycles. The number of carbonyl (C=O) groups is 2. The molecular weight excluding hydrogens is 324 g/mol. The van der Waals surface area contributed by atoms with E-state index in [1.807, 2.05) is 42.2 Å². The third kappa shape index (κ3) is 2.56. The Bertz CT molecular complexity index is 856. The number of nitrogens with zero attached hydrogens (tertiary/aromatic N) is 1. The molecule has 2 aromatic carbocycles. The van der Waals surface area contributed by atoms with Gasteiger partial charge in [-0.3, -0.25) is 9.59 Å². The summed E-state index contributed by atoms with van der Waals surface area (Å²) < 4.78 is 0. The van der Waals surface area contributed by atoms with Crippen molar-refractivity contribution in [3.05, 3.63) is 59.7 Å². The fraction of sp³-hybridized carbons (Fsp3) is 0.364. The normalized spacial score (nSPS) is 22.5. The summed E-state index contributed by atoms with van der Waals surface area (Å²) in [6, 6.07) is 16.2. The van der Waals surface area contributed by atoms with E-state index in [0.717, 1.165) is 35.3 Å². The molecule has 0 bridgehead atoms. The van der Waals surface area contributed by atoms with Crippen LogP contribution < -0.4 is 5.32 Å². The predicted octanol–water partition coefficient (Wildman–Crippen LogP) is 2.61. The Hall–Kier alpha value is -2.46. The summed E-state index contributed by atoms with van der Waals surface area (Å²) in [7, 11) is 0. The van der Waals surface area contributed by atoms with Crippen LogP contribution in [0.4, 0.5) is 0 Å². The third-order valence-corrected chi connectivity index (χ3v) is 5.81. The summed E-state index contributed by atoms with van der Waals surface area (Å²) >= 11 is 0. The first-order valence-corrected chi connectivity index (χ1v) is 9.28. The zero-order valence-electron chi connectivity index (χ0n) is 15.3. The van der Waals surface area contributed by atoms with Gasteiger partial charge in [0.25, 0.3) is 0 Å². The van der Waals surface area contributed by atoms with Gasteiger partial charge in [-0.1, -0.05) is 48.5 Å². The molecule has 0 aromatic heterocycles. The molecule has 4 rings (SSSR count). The Morgan fingerprint density at radius 1 is 1.04 bits per heavy atom. The lowest BCUT2D eigenvalue weighted by atomic mass is 9.87. The van der Waals surface area contributed by atoms with E-state index in [9.17, 15) is 9.59 Å². The molecule has 2 atom stereocenters. The van der Waals surface area contributed by atoms with Gasteiger partial charge in [0.05, 0.1) is 11.3 Å². The van der Waals surface area contributed by atoms with Crippen LogP contribution in [-0.4, -0.2) is 42.8 Å². The van der Waals surface area contributed by atoms with Crippen LogP contribution in [0, 0.1) is 5.92 Å². The standard InChI is InChI=1S/C22H24N2O2/c1-15(21(26)24-13-11-23-12-14-24)20(25)22(2)18-10-6-9-17(19(18)22)16-7-4-3-5-8-16/h3-10,15,23H,11-14H2,1-2H3. The highest BCUT2D eigenvalue weighted by Crippen LogP contribution is 2.55. The third-order valence-electron chi connectivity index (χ3n) is 5.81. The maximum atomic E-state index is 13.3. The quantitative estimate of drug-likeness (QED) is 0.864. The zero-order valence-corrected chi connectivity index (χ0v) is 15.3. The average Bonchev–Trinajstić information content (AvgIpc) is 3.34. The Labute approximate surface area is 154 Å². The van der Waals surface area contributed by atoms with Crippen LogP contribution in [-0.2, 0) is 15.0 Å². The van der Waals surface area contributed by atoms with Gasteiger partial charge in [-0.25, -0.2) is 0 Å². The van der Waals surface area contributed by atoms with E-state index < -0.39 is 11.3 Å². The minimum absolute atomic E-state index is 0.0133. The Kier molecular flexibility index (Phi) is 4.16. The van der Waals surface area contributed by atoms with Crippen LogP contribution in [0.5, 0.6) is 0 Å². The summed E-state index contributed by atoms with van der Waals surface area (Å²) in [5, 5.41) is 3.24. The number of piperazine rings is 1. The second-order valence-electron chi connectivity index (χ2n) is 7.38. The zero-order chi connectivity index (χ0) is 18.3. The number of fused-ring (bicyclic) bond motifs is 1. The van der Waals surface area contributed by atoms with Crippen molar-refractivity contribution in [2.45, 2.75) is 19.3 Å². The predicted molar refractivity (Wildman–Crippen MR) is 102 cm³/mol. The van der Waals surface area contributed by atoms with Gasteiger partial charge in [-0.15, -0.1) is 0 Å². The van der Waals surface area contributed by atoms with Crippen LogP contribution >= 0.6 is 0 Å². The largest absolute Gasteiger partial charge is 0.340 e. The van der Waals surface area contributed by atoms with Crippen molar-refractivity contribution in [3.8, 4) is 11.1 Å². The van der Waals surface area contributed by atoms with Gasteiger partial charge in [0.15, 0.2) is 5.78 Å². The van der Waals surface area contributed by atoms with Crippen LogP contribution in [0.2, 0.25) is 0 Å². The van der Waals surface area contributed by atoms with E-state index in [-0.39, 0.29) is 11.7 Å². The smallest absolute Gasteiger partial charge is 0.232 e. The Balaban J connectivity index is 1.60. The van der Waals surface area contributed by atoms with Gasteiger partial charge < -0.3 is 10.2 Å². The van der Waals surface area contributed by atoms with E-state index in [0.29, 0.717) is 13.1 Å². The topological polar surface area (TPSA) is 49.4 Å². The summed E-state index contributed by atoms with van der Waals surface area (Å²) in [5.41, 5.74) is 3.71. The van der Waals surface area contributed by atoms with Crippen LogP contribution in [0.15, 0.2) is 48.5 Å². The van der Waals surface area contributed by atoms with Crippen molar-refractivity contribution in [3.63, 3.8) is 0 Å². The van der Waals surface area contributed by atoms with Crippen molar-refractivity contribution >= 4 is 11.7 Å². The number of nitrogens with one attached hydrogen (secondary N) is 1. The lowest BCUT2D eigenvalue weighted by Gasteiger charge is -2.30. The number of hydrogen-bond donors (Lipinski definition) is 1. The SMILES string of the molecule is CC(C(=O)N1CCNCC1)C(=O)C1(C)c2cccc(-c3ccccc3)c21. The monoisotopic (exact) mass is 348 g/mol. The van der Waals surface area contributed by atoms with Gasteiger partial charge in [-0.2, -0.15) is 0 Å². The number of carbonyl (C=O) groups excluding carboxylic acids is 2. The number of amides is 1. The van der Waals surface area contributed by atoms with Crippen molar-refractivity contribution in [2.24, 2.45) is 5.92 Å². The second-order valence-corrected chi connectivity index (χ2v) is 7.38. The molecule has 4 heteroatoms. The first kappa shape index (κ1) is 17.0. The van der Waals surface area contributed by atoms with E-state index in [1.165, 1.54) is 0 Å². The van der Waals surface area contributed by atoms with Gasteiger partial charge in [0, 0.05) is 26.2 Å². The van der Waals surface area contributed by atoms with Crippen molar-refractivity contribution in [1.82, 2.24) is 10.2 Å². The van der Waals surface area contributed by atoms with Gasteiger partial charge in [-0.05, 0) is 36.1 Å². The maximum Gasteiger partial charge on any atom is 0.232 e.